The molecule has 134 valence electrons. The minimum atomic E-state index is -3.32. The second-order valence-electron chi connectivity index (χ2n) is 6.40. The van der Waals surface area contributed by atoms with Crippen molar-refractivity contribution in [2.45, 2.75) is 31.7 Å². The van der Waals surface area contributed by atoms with Gasteiger partial charge in [-0.25, -0.2) is 18.2 Å². The van der Waals surface area contributed by atoms with Gasteiger partial charge in [0.05, 0.1) is 18.8 Å². The van der Waals surface area contributed by atoms with E-state index in [9.17, 15) is 13.2 Å². The van der Waals surface area contributed by atoms with E-state index in [1.807, 2.05) is 18.2 Å². The zero-order chi connectivity index (χ0) is 18.0. The second-order valence-corrected chi connectivity index (χ2v) is 8.62. The predicted octanol–water partition coefficient (Wildman–Crippen LogP) is 1.99. The fourth-order valence-electron chi connectivity index (χ4n) is 3.41. The fraction of sp³-hybridized carbons (Fsp3) is 0.562. The minimum Gasteiger partial charge on any atom is -0.275 e. The second kappa shape index (κ2) is 7.39. The highest BCUT2D eigenvalue weighted by Gasteiger charge is 2.47. The van der Waals surface area contributed by atoms with Crippen LogP contribution in [0.3, 0.4) is 0 Å². The number of hydrogen-bond donors (Lipinski definition) is 1. The first-order valence-electron chi connectivity index (χ1n) is 7.69. The molecule has 1 N–H and O–H groups in total. The van der Waals surface area contributed by atoms with E-state index in [4.69, 9.17) is 16.4 Å². The van der Waals surface area contributed by atoms with Crippen molar-refractivity contribution >= 4 is 27.5 Å². The molecule has 1 aromatic rings. The molecule has 0 unspecified atom stereocenters. The molecule has 8 heteroatoms. The quantitative estimate of drug-likeness (QED) is 0.772. The molecule has 2 atom stereocenters. The van der Waals surface area contributed by atoms with Crippen LogP contribution >= 0.6 is 11.6 Å². The van der Waals surface area contributed by atoms with Gasteiger partial charge in [-0.2, -0.15) is 0 Å². The van der Waals surface area contributed by atoms with Crippen molar-refractivity contribution in [2.24, 2.45) is 5.41 Å². The number of hydrogen-bond acceptors (Lipinski definition) is 4. The maximum atomic E-state index is 12.9. The number of benzene rings is 1. The van der Waals surface area contributed by atoms with E-state index in [0.29, 0.717) is 30.7 Å². The number of halogens is 1. The van der Waals surface area contributed by atoms with Crippen molar-refractivity contribution in [1.82, 2.24) is 9.79 Å². The Bertz CT molecular complexity index is 710. The van der Waals surface area contributed by atoms with Gasteiger partial charge < -0.3 is 0 Å². The Kier molecular flexibility index (Phi) is 5.91. The van der Waals surface area contributed by atoms with Crippen molar-refractivity contribution in [3.05, 3.63) is 34.9 Å². The van der Waals surface area contributed by atoms with Crippen LogP contribution in [0.15, 0.2) is 24.3 Å². The van der Waals surface area contributed by atoms with Gasteiger partial charge in [0.1, 0.15) is 0 Å². The van der Waals surface area contributed by atoms with Crippen LogP contribution in [0.4, 0.5) is 0 Å². The van der Waals surface area contributed by atoms with E-state index in [-0.39, 0.29) is 11.9 Å². The summed E-state index contributed by atoms with van der Waals surface area (Å²) in [5, 5.41) is 1.83. The number of carbonyl (C=O) groups is 1. The van der Waals surface area contributed by atoms with Crippen LogP contribution < -0.4 is 4.72 Å². The average molecular weight is 375 g/mol. The minimum absolute atomic E-state index is 0.150. The number of sulfonamides is 1. The highest BCUT2D eigenvalue weighted by atomic mass is 35.5. The van der Waals surface area contributed by atoms with Crippen LogP contribution in [0.2, 0.25) is 5.02 Å². The molecule has 1 aliphatic rings. The molecular weight excluding hydrogens is 352 g/mol. The lowest BCUT2D eigenvalue weighted by Gasteiger charge is -2.31. The van der Waals surface area contributed by atoms with Gasteiger partial charge in [0, 0.05) is 18.1 Å². The van der Waals surface area contributed by atoms with Crippen LogP contribution in [0, 0.1) is 5.41 Å². The number of rotatable bonds is 6. The number of nitrogens with one attached hydrogen (secondary N) is 1. The van der Waals surface area contributed by atoms with E-state index in [1.165, 1.54) is 12.2 Å². The average Bonchev–Trinajstić information content (AvgIpc) is 2.87. The summed E-state index contributed by atoms with van der Waals surface area (Å²) in [6, 6.07) is 7.13. The molecule has 1 aliphatic carbocycles. The van der Waals surface area contributed by atoms with Crippen molar-refractivity contribution in [3.63, 3.8) is 0 Å². The van der Waals surface area contributed by atoms with Gasteiger partial charge in [0.15, 0.2) is 0 Å². The van der Waals surface area contributed by atoms with Gasteiger partial charge in [0.25, 0.3) is 5.91 Å². The van der Waals surface area contributed by atoms with E-state index in [0.717, 1.165) is 11.8 Å². The van der Waals surface area contributed by atoms with Crippen LogP contribution in [0.1, 0.15) is 24.8 Å². The Morgan fingerprint density at radius 1 is 1.50 bits per heavy atom. The largest absolute Gasteiger partial charge is 0.275 e. The van der Waals surface area contributed by atoms with Gasteiger partial charge >= 0.3 is 0 Å². The predicted molar refractivity (Wildman–Crippen MR) is 93.0 cm³/mol. The third-order valence-corrected chi connectivity index (χ3v) is 5.43. The molecule has 0 bridgehead atoms. The number of hydroxylamine groups is 2. The zero-order valence-electron chi connectivity index (χ0n) is 14.1. The van der Waals surface area contributed by atoms with Crippen LogP contribution in [0.5, 0.6) is 0 Å². The Morgan fingerprint density at radius 2 is 2.21 bits per heavy atom. The summed E-state index contributed by atoms with van der Waals surface area (Å²) in [7, 11) is -0.311. The SMILES string of the molecule is CON(C)C(=O)[C@@]1(Cc2cccc(Cl)c2)CC[C@H](NS(C)(=O)=O)C1. The van der Waals surface area contributed by atoms with E-state index in [1.54, 1.807) is 13.1 Å². The Labute approximate surface area is 148 Å². The summed E-state index contributed by atoms with van der Waals surface area (Å²) in [6.45, 7) is 0. The summed E-state index contributed by atoms with van der Waals surface area (Å²) >= 11 is 6.05. The topological polar surface area (TPSA) is 75.7 Å². The van der Waals surface area contributed by atoms with Gasteiger partial charge in [-0.1, -0.05) is 23.7 Å². The summed E-state index contributed by atoms with van der Waals surface area (Å²) in [5.74, 6) is -0.150. The molecule has 1 amide bonds. The molecule has 0 heterocycles. The standard InChI is InChI=1S/C16H23ClN2O4S/c1-19(23-2)15(20)16(10-12-5-4-6-13(17)9-12)8-7-14(11-16)18-24(3,21)22/h4-6,9,14,18H,7-8,10-11H2,1-3H3/t14-,16+/m0/s1. The molecule has 0 spiro atoms. The fourth-order valence-corrected chi connectivity index (χ4v) is 4.43. The molecule has 24 heavy (non-hydrogen) atoms. The van der Waals surface area contributed by atoms with Crippen LogP contribution in [0.25, 0.3) is 0 Å². The first-order valence-corrected chi connectivity index (χ1v) is 9.96. The van der Waals surface area contributed by atoms with E-state index >= 15 is 0 Å². The molecule has 1 aromatic carbocycles. The maximum absolute atomic E-state index is 12.9. The number of carbonyl (C=O) groups excluding carboxylic acids is 1. The smallest absolute Gasteiger partial charge is 0.252 e. The molecule has 0 aromatic heterocycles. The normalized spacial score (nSPS) is 24.1. The molecule has 1 fully saturated rings. The zero-order valence-corrected chi connectivity index (χ0v) is 15.7. The lowest BCUT2D eigenvalue weighted by atomic mass is 9.78. The van der Waals surface area contributed by atoms with Crippen LogP contribution in [-0.2, 0) is 26.1 Å². The van der Waals surface area contributed by atoms with Crippen molar-refractivity contribution in [3.8, 4) is 0 Å². The third kappa shape index (κ3) is 4.69. The molecule has 6 nitrogen and oxygen atoms in total. The first-order chi connectivity index (χ1) is 11.1. The third-order valence-electron chi connectivity index (χ3n) is 4.43. The lowest BCUT2D eigenvalue weighted by molar-refractivity contribution is -0.180. The summed E-state index contributed by atoms with van der Waals surface area (Å²) in [5.41, 5.74) is 0.234. The molecule has 2 rings (SSSR count). The van der Waals surface area contributed by atoms with E-state index < -0.39 is 15.4 Å². The molecule has 0 saturated heterocycles. The Morgan fingerprint density at radius 3 is 2.79 bits per heavy atom. The Hall–Kier alpha value is -1.15. The highest BCUT2D eigenvalue weighted by Crippen LogP contribution is 2.43. The molecular formula is C16H23ClN2O4S. The monoisotopic (exact) mass is 374 g/mol. The molecule has 1 saturated carbocycles. The summed E-state index contributed by atoms with van der Waals surface area (Å²) < 4.78 is 25.6. The lowest BCUT2D eigenvalue weighted by Crippen LogP contribution is -2.43. The number of nitrogens with zero attached hydrogens (tertiary/aromatic N) is 1. The summed E-state index contributed by atoms with van der Waals surface area (Å²) in [6.07, 6.45) is 3.24. The van der Waals surface area contributed by atoms with E-state index in [2.05, 4.69) is 4.72 Å². The number of amides is 1. The molecule has 0 radical (unpaired) electrons. The van der Waals surface area contributed by atoms with Gasteiger partial charge in [-0.15, -0.1) is 0 Å². The maximum Gasteiger partial charge on any atom is 0.252 e. The summed E-state index contributed by atoms with van der Waals surface area (Å²) in [4.78, 5) is 18.0. The van der Waals surface area contributed by atoms with Crippen LogP contribution in [-0.4, -0.2) is 45.8 Å². The first kappa shape index (κ1) is 19.2. The van der Waals surface area contributed by atoms with Gasteiger partial charge in [0.2, 0.25) is 10.0 Å². The van der Waals surface area contributed by atoms with Gasteiger partial charge in [-0.05, 0) is 43.4 Å². The molecule has 0 aliphatic heterocycles. The van der Waals surface area contributed by atoms with Crippen molar-refractivity contribution in [2.75, 3.05) is 20.4 Å². The van der Waals surface area contributed by atoms with Gasteiger partial charge in [-0.3, -0.25) is 9.63 Å². The van der Waals surface area contributed by atoms with Crippen molar-refractivity contribution < 1.29 is 18.0 Å². The van der Waals surface area contributed by atoms with Crippen molar-refractivity contribution in [1.29, 1.82) is 0 Å². The Balaban J connectivity index is 2.28. The highest BCUT2D eigenvalue weighted by molar-refractivity contribution is 7.88.